The number of carbonyl (C=O) groups is 1. The second kappa shape index (κ2) is 7.05. The predicted octanol–water partition coefficient (Wildman–Crippen LogP) is 3.75. The number of aryl methyl sites for hydroxylation is 2. The third kappa shape index (κ3) is 3.62. The highest BCUT2D eigenvalue weighted by Gasteiger charge is 2.12. The summed E-state index contributed by atoms with van der Waals surface area (Å²) in [5.41, 5.74) is 5.26. The SMILES string of the molecule is CON(C)C(=O)/C=C(\c1ccccc1)c1cc(C)ccc1C. The maximum absolute atomic E-state index is 12.3. The number of hydrogen-bond donors (Lipinski definition) is 0. The maximum atomic E-state index is 12.3. The molecule has 0 saturated carbocycles. The topological polar surface area (TPSA) is 29.5 Å². The van der Waals surface area contributed by atoms with Crippen molar-refractivity contribution in [1.29, 1.82) is 0 Å². The molecule has 0 radical (unpaired) electrons. The summed E-state index contributed by atoms with van der Waals surface area (Å²) in [6, 6.07) is 16.2. The lowest BCUT2D eigenvalue weighted by atomic mass is 9.92. The van der Waals surface area contributed by atoms with Gasteiger partial charge in [-0.2, -0.15) is 0 Å². The third-order valence-electron chi connectivity index (χ3n) is 3.62. The van der Waals surface area contributed by atoms with E-state index in [0.717, 1.165) is 27.8 Å². The molecule has 0 aromatic heterocycles. The Kier molecular flexibility index (Phi) is 5.12. The molecular formula is C19H21NO2. The van der Waals surface area contributed by atoms with Crippen LogP contribution in [0.2, 0.25) is 0 Å². The summed E-state index contributed by atoms with van der Waals surface area (Å²) in [4.78, 5) is 17.2. The minimum absolute atomic E-state index is 0.192. The van der Waals surface area contributed by atoms with Gasteiger partial charge in [-0.1, -0.05) is 54.1 Å². The number of hydrogen-bond acceptors (Lipinski definition) is 2. The molecule has 0 N–H and O–H groups in total. The highest BCUT2D eigenvalue weighted by Crippen LogP contribution is 2.27. The van der Waals surface area contributed by atoms with Crippen molar-refractivity contribution in [2.24, 2.45) is 0 Å². The van der Waals surface area contributed by atoms with Gasteiger partial charge in [0.2, 0.25) is 0 Å². The van der Waals surface area contributed by atoms with Crippen molar-refractivity contribution in [2.75, 3.05) is 14.2 Å². The van der Waals surface area contributed by atoms with Crippen molar-refractivity contribution >= 4 is 11.5 Å². The number of carbonyl (C=O) groups excluding carboxylic acids is 1. The molecular weight excluding hydrogens is 274 g/mol. The van der Waals surface area contributed by atoms with E-state index in [1.807, 2.05) is 30.3 Å². The normalized spacial score (nSPS) is 11.4. The Balaban J connectivity index is 2.58. The Morgan fingerprint density at radius 3 is 2.41 bits per heavy atom. The molecule has 3 nitrogen and oxygen atoms in total. The van der Waals surface area contributed by atoms with E-state index in [4.69, 9.17) is 4.84 Å². The molecule has 22 heavy (non-hydrogen) atoms. The first-order chi connectivity index (χ1) is 10.5. The van der Waals surface area contributed by atoms with Crippen LogP contribution in [0.5, 0.6) is 0 Å². The largest absolute Gasteiger partial charge is 0.274 e. The van der Waals surface area contributed by atoms with Gasteiger partial charge in [0, 0.05) is 13.1 Å². The summed E-state index contributed by atoms with van der Waals surface area (Å²) in [6.45, 7) is 4.10. The zero-order valence-corrected chi connectivity index (χ0v) is 13.5. The van der Waals surface area contributed by atoms with E-state index >= 15 is 0 Å². The fraction of sp³-hybridized carbons (Fsp3) is 0.211. The number of likely N-dealkylation sites (N-methyl/N-ethyl adjacent to an activating group) is 1. The summed E-state index contributed by atoms with van der Waals surface area (Å²) in [7, 11) is 3.08. The van der Waals surface area contributed by atoms with Crippen LogP contribution in [-0.4, -0.2) is 25.1 Å². The highest BCUT2D eigenvalue weighted by atomic mass is 16.7. The molecule has 0 spiro atoms. The molecule has 2 rings (SSSR count). The van der Waals surface area contributed by atoms with Gasteiger partial charge < -0.3 is 0 Å². The van der Waals surface area contributed by atoms with Gasteiger partial charge in [0.15, 0.2) is 0 Å². The van der Waals surface area contributed by atoms with Crippen molar-refractivity contribution in [1.82, 2.24) is 5.06 Å². The van der Waals surface area contributed by atoms with Crippen LogP contribution >= 0.6 is 0 Å². The van der Waals surface area contributed by atoms with E-state index in [2.05, 4.69) is 32.0 Å². The van der Waals surface area contributed by atoms with Crippen molar-refractivity contribution in [3.05, 3.63) is 76.9 Å². The van der Waals surface area contributed by atoms with Gasteiger partial charge in [-0.05, 0) is 36.1 Å². The summed E-state index contributed by atoms with van der Waals surface area (Å²) >= 11 is 0. The number of hydroxylamine groups is 2. The first-order valence-electron chi connectivity index (χ1n) is 7.19. The number of rotatable bonds is 4. The standard InChI is InChI=1S/C19H21NO2/c1-14-10-11-15(2)17(12-14)18(13-19(21)20(3)22-4)16-8-6-5-7-9-16/h5-13H,1-4H3/b18-13+. The van der Waals surface area contributed by atoms with E-state index in [1.165, 1.54) is 12.2 Å². The lowest BCUT2D eigenvalue weighted by molar-refractivity contribution is -0.162. The summed E-state index contributed by atoms with van der Waals surface area (Å²) < 4.78 is 0. The van der Waals surface area contributed by atoms with Gasteiger partial charge in [0.1, 0.15) is 0 Å². The van der Waals surface area contributed by atoms with Crippen LogP contribution in [0.4, 0.5) is 0 Å². The highest BCUT2D eigenvalue weighted by molar-refractivity contribution is 5.99. The second-order valence-corrected chi connectivity index (χ2v) is 5.26. The third-order valence-corrected chi connectivity index (χ3v) is 3.62. The molecule has 0 aliphatic rings. The Morgan fingerprint density at radius 1 is 1.09 bits per heavy atom. The lowest BCUT2D eigenvalue weighted by Gasteiger charge is -2.15. The predicted molar refractivity (Wildman–Crippen MR) is 89.2 cm³/mol. The van der Waals surface area contributed by atoms with E-state index in [0.29, 0.717) is 0 Å². The van der Waals surface area contributed by atoms with E-state index in [-0.39, 0.29) is 5.91 Å². The molecule has 0 aliphatic heterocycles. The van der Waals surface area contributed by atoms with Crippen LogP contribution in [0.1, 0.15) is 22.3 Å². The molecule has 0 atom stereocenters. The van der Waals surface area contributed by atoms with Crippen LogP contribution in [0.25, 0.3) is 5.57 Å². The van der Waals surface area contributed by atoms with Crippen molar-refractivity contribution in [3.63, 3.8) is 0 Å². The van der Waals surface area contributed by atoms with Gasteiger partial charge in [-0.3, -0.25) is 9.63 Å². The zero-order valence-electron chi connectivity index (χ0n) is 13.5. The Labute approximate surface area is 131 Å². The molecule has 0 unspecified atom stereocenters. The maximum Gasteiger partial charge on any atom is 0.270 e. The molecule has 0 fully saturated rings. The van der Waals surface area contributed by atoms with Gasteiger partial charge >= 0.3 is 0 Å². The van der Waals surface area contributed by atoms with E-state index in [9.17, 15) is 4.79 Å². The Hall–Kier alpha value is -2.39. The molecule has 3 heteroatoms. The van der Waals surface area contributed by atoms with Crippen molar-refractivity contribution in [2.45, 2.75) is 13.8 Å². The minimum atomic E-state index is -0.192. The quantitative estimate of drug-likeness (QED) is 0.635. The van der Waals surface area contributed by atoms with Crippen LogP contribution < -0.4 is 0 Å². The summed E-state index contributed by atoms with van der Waals surface area (Å²) in [5, 5.41) is 1.22. The lowest BCUT2D eigenvalue weighted by Crippen LogP contribution is -2.23. The van der Waals surface area contributed by atoms with Gasteiger partial charge in [-0.25, -0.2) is 5.06 Å². The number of benzene rings is 2. The minimum Gasteiger partial charge on any atom is -0.274 e. The molecule has 114 valence electrons. The zero-order chi connectivity index (χ0) is 16.1. The van der Waals surface area contributed by atoms with Crippen molar-refractivity contribution in [3.8, 4) is 0 Å². The summed E-state index contributed by atoms with van der Waals surface area (Å²) in [5.74, 6) is -0.192. The van der Waals surface area contributed by atoms with Gasteiger partial charge in [0.05, 0.1) is 7.11 Å². The van der Waals surface area contributed by atoms with Crippen LogP contribution in [0, 0.1) is 13.8 Å². The number of amides is 1. The molecule has 0 aliphatic carbocycles. The molecule has 1 amide bonds. The fourth-order valence-corrected chi connectivity index (χ4v) is 2.26. The Bertz CT molecular complexity index is 690. The molecule has 0 heterocycles. The van der Waals surface area contributed by atoms with Crippen LogP contribution in [0.3, 0.4) is 0 Å². The first kappa shape index (κ1) is 16.0. The van der Waals surface area contributed by atoms with Gasteiger partial charge in [-0.15, -0.1) is 0 Å². The van der Waals surface area contributed by atoms with E-state index < -0.39 is 0 Å². The van der Waals surface area contributed by atoms with Crippen LogP contribution in [-0.2, 0) is 9.63 Å². The molecule has 0 bridgehead atoms. The average Bonchev–Trinajstić information content (AvgIpc) is 2.54. The molecule has 2 aromatic rings. The number of nitrogens with zero attached hydrogens (tertiary/aromatic N) is 1. The smallest absolute Gasteiger partial charge is 0.270 e. The first-order valence-corrected chi connectivity index (χ1v) is 7.19. The van der Waals surface area contributed by atoms with Crippen LogP contribution in [0.15, 0.2) is 54.6 Å². The summed E-state index contributed by atoms with van der Waals surface area (Å²) in [6.07, 6.45) is 1.63. The molecule has 0 saturated heterocycles. The monoisotopic (exact) mass is 295 g/mol. The fourth-order valence-electron chi connectivity index (χ4n) is 2.26. The average molecular weight is 295 g/mol. The molecule has 2 aromatic carbocycles. The van der Waals surface area contributed by atoms with E-state index in [1.54, 1.807) is 13.1 Å². The van der Waals surface area contributed by atoms with Gasteiger partial charge in [0.25, 0.3) is 5.91 Å². The Morgan fingerprint density at radius 2 is 1.77 bits per heavy atom. The van der Waals surface area contributed by atoms with Crippen molar-refractivity contribution < 1.29 is 9.63 Å². The second-order valence-electron chi connectivity index (χ2n) is 5.26.